The van der Waals surface area contributed by atoms with E-state index in [1.165, 1.54) is 6.42 Å². The maximum Gasteiger partial charge on any atom is 0.307 e. The van der Waals surface area contributed by atoms with Crippen LogP contribution >= 0.6 is 0 Å². The summed E-state index contributed by atoms with van der Waals surface area (Å²) < 4.78 is 11.1. The topological polar surface area (TPSA) is 68.1 Å². The van der Waals surface area contributed by atoms with Crippen LogP contribution in [0.25, 0.3) is 0 Å². The molecule has 0 radical (unpaired) electrons. The summed E-state index contributed by atoms with van der Waals surface area (Å²) in [5.41, 5.74) is 2.13. The van der Waals surface area contributed by atoms with E-state index in [1.807, 2.05) is 26.0 Å². The number of benzene rings is 1. The van der Waals surface area contributed by atoms with Crippen molar-refractivity contribution in [1.29, 1.82) is 0 Å². The first-order valence-electron chi connectivity index (χ1n) is 9.60. The molecule has 0 unspecified atom stereocenters. The van der Waals surface area contributed by atoms with Gasteiger partial charge in [0.2, 0.25) is 0 Å². The molecular formula is C21H31NO4. The second-order valence-corrected chi connectivity index (χ2v) is 7.37. The number of aryl methyl sites for hydroxylation is 1. The minimum Gasteiger partial charge on any atom is -0.507 e. The van der Waals surface area contributed by atoms with E-state index >= 15 is 0 Å². The maximum absolute atomic E-state index is 11.5. The third-order valence-corrected chi connectivity index (χ3v) is 4.40. The molecule has 0 saturated carbocycles. The molecule has 0 amide bonds. The van der Waals surface area contributed by atoms with Gasteiger partial charge in [-0.15, -0.1) is 0 Å². The Bertz CT molecular complexity index is 664. The van der Waals surface area contributed by atoms with Crippen LogP contribution in [0.1, 0.15) is 70.9 Å². The average Bonchev–Trinajstić information content (AvgIpc) is 2.53. The summed E-state index contributed by atoms with van der Waals surface area (Å²) in [6.45, 7) is 8.71. The minimum atomic E-state index is -0.399. The third kappa shape index (κ3) is 5.48. The average molecular weight is 361 g/mol. The quantitative estimate of drug-likeness (QED) is 0.549. The number of carbonyl (C=O) groups excluding carboxylic acids is 1. The lowest BCUT2D eigenvalue weighted by Gasteiger charge is -2.34. The predicted molar refractivity (Wildman–Crippen MR) is 103 cm³/mol. The lowest BCUT2D eigenvalue weighted by atomic mass is 9.90. The SMILES string of the molecule is CCCCCc1cc(O)c2c(c1)OC(C)(C)CC2=NCCC(=O)OCC. The van der Waals surface area contributed by atoms with E-state index in [9.17, 15) is 9.90 Å². The molecule has 5 nitrogen and oxygen atoms in total. The van der Waals surface area contributed by atoms with Crippen molar-refractivity contribution >= 4 is 11.7 Å². The van der Waals surface area contributed by atoms with Gasteiger partial charge >= 0.3 is 5.97 Å². The molecule has 1 N–H and O–H groups in total. The maximum atomic E-state index is 11.5. The molecule has 0 aromatic heterocycles. The minimum absolute atomic E-state index is 0.208. The Kier molecular flexibility index (Phi) is 7.06. The second kappa shape index (κ2) is 9.06. The highest BCUT2D eigenvalue weighted by atomic mass is 16.5. The van der Waals surface area contributed by atoms with E-state index in [2.05, 4.69) is 11.9 Å². The first kappa shape index (κ1) is 20.3. The van der Waals surface area contributed by atoms with Crippen molar-refractivity contribution in [3.63, 3.8) is 0 Å². The molecule has 0 spiro atoms. The molecule has 2 rings (SSSR count). The normalized spacial score (nSPS) is 16.8. The number of fused-ring (bicyclic) bond motifs is 1. The molecule has 0 atom stereocenters. The predicted octanol–water partition coefficient (Wildman–Crippen LogP) is 4.43. The molecule has 0 bridgehead atoms. The van der Waals surface area contributed by atoms with Gasteiger partial charge in [-0.2, -0.15) is 0 Å². The smallest absolute Gasteiger partial charge is 0.307 e. The zero-order valence-corrected chi connectivity index (χ0v) is 16.4. The summed E-state index contributed by atoms with van der Waals surface area (Å²) in [6, 6.07) is 3.84. The number of ether oxygens (including phenoxy) is 2. The number of hydrogen-bond donors (Lipinski definition) is 1. The van der Waals surface area contributed by atoms with Gasteiger partial charge in [-0.25, -0.2) is 0 Å². The number of esters is 1. The lowest BCUT2D eigenvalue weighted by Crippen LogP contribution is -2.36. The number of rotatable bonds is 8. The summed E-state index contributed by atoms with van der Waals surface area (Å²) in [5, 5.41) is 10.6. The molecule has 144 valence electrons. The highest BCUT2D eigenvalue weighted by Gasteiger charge is 2.33. The number of carbonyl (C=O) groups is 1. The first-order chi connectivity index (χ1) is 12.4. The highest BCUT2D eigenvalue weighted by Crippen LogP contribution is 2.39. The molecular weight excluding hydrogens is 330 g/mol. The van der Waals surface area contributed by atoms with Gasteiger partial charge in [-0.05, 0) is 51.3 Å². The van der Waals surface area contributed by atoms with Crippen LogP contribution in [-0.2, 0) is 16.0 Å². The van der Waals surface area contributed by atoms with Crippen LogP contribution in [0.3, 0.4) is 0 Å². The lowest BCUT2D eigenvalue weighted by molar-refractivity contribution is -0.142. The zero-order valence-electron chi connectivity index (χ0n) is 16.4. The van der Waals surface area contributed by atoms with E-state index < -0.39 is 5.60 Å². The summed E-state index contributed by atoms with van der Waals surface area (Å²) in [5.74, 6) is 0.640. The molecule has 0 saturated heterocycles. The largest absolute Gasteiger partial charge is 0.507 e. The molecule has 0 aliphatic carbocycles. The van der Waals surface area contributed by atoms with Crippen molar-refractivity contribution < 1.29 is 19.4 Å². The van der Waals surface area contributed by atoms with Crippen molar-refractivity contribution in [1.82, 2.24) is 0 Å². The summed E-state index contributed by atoms with van der Waals surface area (Å²) in [6.07, 6.45) is 5.18. The van der Waals surface area contributed by atoms with E-state index in [-0.39, 0.29) is 18.1 Å². The fraction of sp³-hybridized carbons (Fsp3) is 0.619. The Balaban J connectivity index is 2.23. The molecule has 26 heavy (non-hydrogen) atoms. The van der Waals surface area contributed by atoms with Gasteiger partial charge in [-0.3, -0.25) is 9.79 Å². The molecule has 5 heteroatoms. The van der Waals surface area contributed by atoms with Gasteiger partial charge in [0, 0.05) is 13.0 Å². The Morgan fingerprint density at radius 1 is 1.31 bits per heavy atom. The first-order valence-corrected chi connectivity index (χ1v) is 9.60. The fourth-order valence-electron chi connectivity index (χ4n) is 3.23. The van der Waals surface area contributed by atoms with Gasteiger partial charge in [0.1, 0.15) is 17.1 Å². The van der Waals surface area contributed by atoms with Gasteiger partial charge < -0.3 is 14.6 Å². The molecule has 1 aromatic rings. The third-order valence-electron chi connectivity index (χ3n) is 4.40. The molecule has 1 aliphatic rings. The number of phenolic OH excluding ortho intramolecular Hbond substituents is 1. The van der Waals surface area contributed by atoms with Crippen molar-refractivity contribution in [2.75, 3.05) is 13.2 Å². The van der Waals surface area contributed by atoms with Gasteiger partial charge in [-0.1, -0.05) is 19.8 Å². The van der Waals surface area contributed by atoms with Crippen molar-refractivity contribution in [2.45, 2.75) is 71.8 Å². The van der Waals surface area contributed by atoms with Crippen LogP contribution < -0.4 is 4.74 Å². The number of phenols is 1. The standard InChI is InChI=1S/C21H31NO4/c1-5-7-8-9-15-12-17(23)20-16(22-11-10-19(24)25-6-2)14-21(3,4)26-18(20)13-15/h12-13,23H,5-11,14H2,1-4H3. The Labute approximate surface area is 156 Å². The zero-order chi connectivity index (χ0) is 19.2. The van der Waals surface area contributed by atoms with Crippen LogP contribution in [-0.4, -0.2) is 35.5 Å². The Morgan fingerprint density at radius 2 is 2.08 bits per heavy atom. The highest BCUT2D eigenvalue weighted by molar-refractivity contribution is 6.06. The Morgan fingerprint density at radius 3 is 2.77 bits per heavy atom. The molecule has 0 fully saturated rings. The van der Waals surface area contributed by atoms with Gasteiger partial charge in [0.05, 0.1) is 24.3 Å². The fourth-order valence-corrected chi connectivity index (χ4v) is 3.23. The van der Waals surface area contributed by atoms with E-state index in [0.717, 1.165) is 30.5 Å². The van der Waals surface area contributed by atoms with Crippen LogP contribution in [0.4, 0.5) is 0 Å². The van der Waals surface area contributed by atoms with Crippen molar-refractivity contribution in [2.24, 2.45) is 4.99 Å². The van der Waals surface area contributed by atoms with E-state index in [0.29, 0.717) is 30.9 Å². The van der Waals surface area contributed by atoms with E-state index in [1.54, 1.807) is 6.92 Å². The van der Waals surface area contributed by atoms with Crippen LogP contribution in [0, 0.1) is 0 Å². The summed E-state index contributed by atoms with van der Waals surface area (Å²) >= 11 is 0. The van der Waals surface area contributed by atoms with E-state index in [4.69, 9.17) is 9.47 Å². The number of aliphatic imine (C=N–C) groups is 1. The van der Waals surface area contributed by atoms with Crippen LogP contribution in [0.5, 0.6) is 11.5 Å². The summed E-state index contributed by atoms with van der Waals surface area (Å²) in [7, 11) is 0. The second-order valence-electron chi connectivity index (χ2n) is 7.37. The van der Waals surface area contributed by atoms with Crippen LogP contribution in [0.2, 0.25) is 0 Å². The monoisotopic (exact) mass is 361 g/mol. The van der Waals surface area contributed by atoms with Gasteiger partial charge in [0.25, 0.3) is 0 Å². The number of aromatic hydroxyl groups is 1. The Hall–Kier alpha value is -2.04. The number of nitrogens with zero attached hydrogens (tertiary/aromatic N) is 1. The van der Waals surface area contributed by atoms with Gasteiger partial charge in [0.15, 0.2) is 0 Å². The number of hydrogen-bond acceptors (Lipinski definition) is 5. The van der Waals surface area contributed by atoms with Crippen molar-refractivity contribution in [3.8, 4) is 11.5 Å². The molecule has 1 heterocycles. The molecule has 1 aliphatic heterocycles. The molecule has 1 aromatic carbocycles. The van der Waals surface area contributed by atoms with Crippen LogP contribution in [0.15, 0.2) is 17.1 Å². The number of unbranched alkanes of at least 4 members (excludes halogenated alkanes) is 2. The van der Waals surface area contributed by atoms with Crippen molar-refractivity contribution in [3.05, 3.63) is 23.3 Å². The summed E-state index contributed by atoms with van der Waals surface area (Å²) in [4.78, 5) is 16.1.